The van der Waals surface area contributed by atoms with Crippen molar-refractivity contribution in [2.45, 2.75) is 30.5 Å². The van der Waals surface area contributed by atoms with Crippen molar-refractivity contribution < 1.29 is 37.0 Å². The van der Waals surface area contributed by atoms with Crippen LogP contribution in [0.3, 0.4) is 0 Å². The molecule has 2 amide bonds. The van der Waals surface area contributed by atoms with E-state index >= 15 is 0 Å². The van der Waals surface area contributed by atoms with Gasteiger partial charge in [-0.2, -0.15) is 13.2 Å². The number of fused-ring (bicyclic) bond motifs is 1. The van der Waals surface area contributed by atoms with Crippen molar-refractivity contribution in [3.8, 4) is 0 Å². The summed E-state index contributed by atoms with van der Waals surface area (Å²) in [6, 6.07) is 12.5. The first-order chi connectivity index (χ1) is 14.8. The molecule has 2 aliphatic heterocycles. The highest BCUT2D eigenvalue weighted by atomic mass is 19.4. The van der Waals surface area contributed by atoms with Gasteiger partial charge in [-0.1, -0.05) is 24.3 Å². The van der Waals surface area contributed by atoms with Crippen molar-refractivity contribution in [3.63, 3.8) is 0 Å². The van der Waals surface area contributed by atoms with Gasteiger partial charge in [0.2, 0.25) is 0 Å². The number of carbonyl (C=O) groups is 2. The third-order valence-corrected chi connectivity index (χ3v) is 5.06. The maximum absolute atomic E-state index is 12.8. The molecule has 0 unspecified atom stereocenters. The highest BCUT2D eigenvalue weighted by Gasteiger charge is 2.50. The molecule has 2 fully saturated rings. The number of anilines is 1. The van der Waals surface area contributed by atoms with Crippen LogP contribution in [0.1, 0.15) is 15.9 Å². The molecule has 0 aliphatic carbocycles. The van der Waals surface area contributed by atoms with Crippen LogP contribution < -0.4 is 10.6 Å². The highest BCUT2D eigenvalue weighted by molar-refractivity contribution is 5.94. The van der Waals surface area contributed by atoms with Gasteiger partial charge in [-0.05, 0) is 30.3 Å². The van der Waals surface area contributed by atoms with Crippen LogP contribution in [-0.2, 0) is 20.4 Å². The van der Waals surface area contributed by atoms with Gasteiger partial charge in [0.25, 0.3) is 5.91 Å². The summed E-state index contributed by atoms with van der Waals surface area (Å²) in [6.07, 6.45) is -7.29. The topological polar surface area (TPSA) is 85.9 Å². The van der Waals surface area contributed by atoms with E-state index in [1.165, 1.54) is 12.1 Å². The molecule has 2 aromatic carbocycles. The zero-order valence-corrected chi connectivity index (χ0v) is 16.1. The van der Waals surface area contributed by atoms with Crippen LogP contribution in [0.4, 0.5) is 23.7 Å². The summed E-state index contributed by atoms with van der Waals surface area (Å²) >= 11 is 0. The van der Waals surface area contributed by atoms with Crippen molar-refractivity contribution in [3.05, 3.63) is 65.7 Å². The van der Waals surface area contributed by atoms with Crippen LogP contribution in [-0.4, -0.2) is 49.6 Å². The Kier molecular flexibility index (Phi) is 5.84. The average molecular weight is 436 g/mol. The van der Waals surface area contributed by atoms with E-state index in [0.29, 0.717) is 5.56 Å². The number of carbonyl (C=O) groups excluding carboxylic acids is 2. The lowest BCUT2D eigenvalue weighted by Gasteiger charge is -2.18. The van der Waals surface area contributed by atoms with Crippen LogP contribution in [0.2, 0.25) is 0 Å². The number of ether oxygens (including phenoxy) is 3. The summed E-state index contributed by atoms with van der Waals surface area (Å²) in [4.78, 5) is 24.5. The molecule has 10 heteroatoms. The summed E-state index contributed by atoms with van der Waals surface area (Å²) in [5.41, 5.74) is -0.432. The van der Waals surface area contributed by atoms with Crippen molar-refractivity contribution >= 4 is 17.7 Å². The molecule has 0 radical (unpaired) electrons. The van der Waals surface area contributed by atoms with Crippen molar-refractivity contribution in [1.29, 1.82) is 0 Å². The maximum atomic E-state index is 12.8. The average Bonchev–Trinajstić information content (AvgIpc) is 3.32. The number of benzene rings is 2. The fourth-order valence-corrected chi connectivity index (χ4v) is 3.59. The Hall–Kier alpha value is -3.11. The van der Waals surface area contributed by atoms with Crippen LogP contribution in [0.5, 0.6) is 0 Å². The molecule has 0 bridgehead atoms. The Labute approximate surface area is 175 Å². The number of hydrogen-bond acceptors (Lipinski definition) is 5. The number of halogens is 3. The Morgan fingerprint density at radius 3 is 2.45 bits per heavy atom. The van der Waals surface area contributed by atoms with E-state index in [2.05, 4.69) is 10.6 Å². The summed E-state index contributed by atoms with van der Waals surface area (Å²) in [5, 5.41) is 5.13. The minimum atomic E-state index is -4.52. The van der Waals surface area contributed by atoms with Gasteiger partial charge in [0, 0.05) is 11.3 Å². The van der Waals surface area contributed by atoms with Gasteiger partial charge in [0.15, 0.2) is 6.10 Å². The van der Waals surface area contributed by atoms with Crippen LogP contribution in [0.25, 0.3) is 0 Å². The first-order valence-electron chi connectivity index (χ1n) is 9.55. The second-order valence-corrected chi connectivity index (χ2v) is 7.19. The fraction of sp³-hybridized carbons (Fsp3) is 0.333. The molecule has 4 rings (SSSR count). The molecule has 0 saturated carbocycles. The van der Waals surface area contributed by atoms with E-state index in [1.807, 2.05) is 0 Å². The number of rotatable bonds is 4. The lowest BCUT2D eigenvalue weighted by Crippen LogP contribution is -2.44. The van der Waals surface area contributed by atoms with Gasteiger partial charge in [-0.25, -0.2) is 4.79 Å². The third-order valence-electron chi connectivity index (χ3n) is 5.06. The van der Waals surface area contributed by atoms with Crippen LogP contribution in [0, 0.1) is 0 Å². The largest absolute Gasteiger partial charge is 0.441 e. The smallest absolute Gasteiger partial charge is 0.416 e. The van der Waals surface area contributed by atoms with Crippen molar-refractivity contribution in [1.82, 2.24) is 5.32 Å². The normalized spacial score (nSPS) is 25.0. The Morgan fingerprint density at radius 1 is 0.968 bits per heavy atom. The lowest BCUT2D eigenvalue weighted by atomic mass is 10.1. The monoisotopic (exact) mass is 436 g/mol. The van der Waals surface area contributed by atoms with E-state index in [9.17, 15) is 22.8 Å². The predicted octanol–water partition coefficient (Wildman–Crippen LogP) is 3.22. The zero-order valence-electron chi connectivity index (χ0n) is 16.1. The molecule has 164 valence electrons. The number of nitrogens with one attached hydrogen (secondary N) is 2. The van der Waals surface area contributed by atoms with E-state index in [4.69, 9.17) is 14.2 Å². The number of amides is 2. The van der Waals surface area contributed by atoms with Gasteiger partial charge in [-0.15, -0.1) is 0 Å². The number of hydrogen-bond donors (Lipinski definition) is 2. The van der Waals surface area contributed by atoms with Crippen molar-refractivity contribution in [2.75, 3.05) is 18.5 Å². The first kappa shape index (κ1) is 21.1. The Morgan fingerprint density at radius 2 is 1.71 bits per heavy atom. The molecular formula is C21H19F3N2O5. The van der Waals surface area contributed by atoms with E-state index < -0.39 is 42.2 Å². The molecule has 2 N–H and O–H groups in total. The zero-order chi connectivity index (χ0) is 22.0. The van der Waals surface area contributed by atoms with E-state index in [-0.39, 0.29) is 24.8 Å². The molecule has 4 atom stereocenters. The molecule has 2 saturated heterocycles. The van der Waals surface area contributed by atoms with Gasteiger partial charge >= 0.3 is 12.3 Å². The third kappa shape index (κ3) is 4.80. The summed E-state index contributed by atoms with van der Waals surface area (Å²) in [5.74, 6) is -0.273. The number of alkyl halides is 3. The second kappa shape index (κ2) is 8.56. The van der Waals surface area contributed by atoms with Gasteiger partial charge in [0.05, 0.1) is 24.8 Å². The van der Waals surface area contributed by atoms with Gasteiger partial charge in [0.1, 0.15) is 12.2 Å². The molecule has 0 aromatic heterocycles. The van der Waals surface area contributed by atoms with Gasteiger partial charge < -0.3 is 19.5 Å². The second-order valence-electron chi connectivity index (χ2n) is 7.19. The minimum absolute atomic E-state index is 0.0447. The van der Waals surface area contributed by atoms with E-state index in [0.717, 1.165) is 12.1 Å². The minimum Gasteiger partial charge on any atom is -0.441 e. The quantitative estimate of drug-likeness (QED) is 0.769. The molecular weight excluding hydrogens is 417 g/mol. The van der Waals surface area contributed by atoms with Crippen LogP contribution >= 0.6 is 0 Å². The standard InChI is InChI=1S/C21H19F3N2O5/c22-21(23,24)13-7-4-8-14(9-13)25-20(28)31-16-11-30-17-15(10-29-18(16)17)26-19(27)12-5-2-1-3-6-12/h1-9,15-18H,10-11H2,(H,25,28)(H,26,27)/t15-,16-,17-,18+/m1/s1. The van der Waals surface area contributed by atoms with Crippen LogP contribution in [0.15, 0.2) is 54.6 Å². The summed E-state index contributed by atoms with van der Waals surface area (Å²) in [7, 11) is 0. The maximum Gasteiger partial charge on any atom is 0.416 e. The Bertz CT molecular complexity index is 954. The molecule has 2 heterocycles. The molecule has 2 aliphatic rings. The molecule has 0 spiro atoms. The summed E-state index contributed by atoms with van der Waals surface area (Å²) in [6.45, 7) is 0.228. The molecule has 2 aromatic rings. The highest BCUT2D eigenvalue weighted by Crippen LogP contribution is 2.31. The molecule has 7 nitrogen and oxygen atoms in total. The van der Waals surface area contributed by atoms with Gasteiger partial charge in [-0.3, -0.25) is 10.1 Å². The lowest BCUT2D eigenvalue weighted by molar-refractivity contribution is -0.137. The van der Waals surface area contributed by atoms with E-state index in [1.54, 1.807) is 30.3 Å². The Balaban J connectivity index is 1.32. The predicted molar refractivity (Wildman–Crippen MR) is 103 cm³/mol. The van der Waals surface area contributed by atoms with Crippen molar-refractivity contribution in [2.24, 2.45) is 0 Å². The molecule has 31 heavy (non-hydrogen) atoms. The SMILES string of the molecule is O=C(Nc1cccc(C(F)(F)F)c1)O[C@@H]1CO[C@H]2[C@H]1OC[C@H]2NC(=O)c1ccccc1. The first-order valence-corrected chi connectivity index (χ1v) is 9.55. The fourth-order valence-electron chi connectivity index (χ4n) is 3.59. The summed E-state index contributed by atoms with van der Waals surface area (Å²) < 4.78 is 55.0.